The first-order chi connectivity index (χ1) is 10.7. The third-order valence-electron chi connectivity index (χ3n) is 4.40. The van der Waals surface area contributed by atoms with Crippen LogP contribution in [0.5, 0.6) is 0 Å². The first-order valence-electron chi connectivity index (χ1n) is 7.44. The van der Waals surface area contributed by atoms with E-state index in [0.717, 1.165) is 25.3 Å². The van der Waals surface area contributed by atoms with E-state index in [-0.39, 0.29) is 11.6 Å². The van der Waals surface area contributed by atoms with Crippen LogP contribution in [0.1, 0.15) is 22.5 Å². The summed E-state index contributed by atoms with van der Waals surface area (Å²) in [6, 6.07) is 9.97. The van der Waals surface area contributed by atoms with E-state index in [1.807, 2.05) is 12.1 Å². The minimum absolute atomic E-state index is 0.185. The number of aromatic nitrogens is 2. The molecule has 2 atom stereocenters. The van der Waals surface area contributed by atoms with Gasteiger partial charge in [-0.15, -0.1) is 0 Å². The summed E-state index contributed by atoms with van der Waals surface area (Å²) in [5.74, 6) is 0.918. The first-order valence-corrected chi connectivity index (χ1v) is 7.44. The second kappa shape index (κ2) is 5.06. The van der Waals surface area contributed by atoms with Crippen LogP contribution in [0, 0.1) is 0 Å². The fraction of sp³-hybridized carbons (Fsp3) is 0.312. The number of pyridine rings is 2. The van der Waals surface area contributed by atoms with Gasteiger partial charge in [0.1, 0.15) is 17.3 Å². The Bertz CT molecular complexity index is 732. The van der Waals surface area contributed by atoms with Crippen molar-refractivity contribution in [1.82, 2.24) is 15.3 Å². The van der Waals surface area contributed by atoms with Crippen molar-refractivity contribution < 1.29 is 4.79 Å². The Hall–Kier alpha value is -2.47. The summed E-state index contributed by atoms with van der Waals surface area (Å²) in [6.45, 7) is 1.93. The van der Waals surface area contributed by atoms with Crippen LogP contribution < -0.4 is 16.0 Å². The van der Waals surface area contributed by atoms with Crippen LogP contribution in [0.3, 0.4) is 0 Å². The number of hydrogen-bond donors (Lipinski definition) is 2. The van der Waals surface area contributed by atoms with Gasteiger partial charge in [0.25, 0.3) is 0 Å². The van der Waals surface area contributed by atoms with E-state index in [2.05, 4.69) is 20.2 Å². The number of rotatable bonds is 3. The Morgan fingerprint density at radius 2 is 2.23 bits per heavy atom. The predicted octanol–water partition coefficient (Wildman–Crippen LogP) is 0.840. The molecule has 0 spiro atoms. The fourth-order valence-electron chi connectivity index (χ4n) is 3.30. The van der Waals surface area contributed by atoms with Gasteiger partial charge in [0.05, 0.1) is 5.56 Å². The van der Waals surface area contributed by atoms with Crippen molar-refractivity contribution in [2.75, 3.05) is 23.7 Å². The predicted molar refractivity (Wildman–Crippen MR) is 83.9 cm³/mol. The summed E-state index contributed by atoms with van der Waals surface area (Å²) >= 11 is 0. The zero-order valence-corrected chi connectivity index (χ0v) is 12.1. The van der Waals surface area contributed by atoms with Gasteiger partial charge in [0.15, 0.2) is 0 Å². The van der Waals surface area contributed by atoms with Gasteiger partial charge in [-0.3, -0.25) is 4.79 Å². The average Bonchev–Trinajstić information content (AvgIpc) is 3.18. The summed E-state index contributed by atoms with van der Waals surface area (Å²) in [6.07, 6.45) is 2.72. The molecule has 4 heterocycles. The third kappa shape index (κ3) is 2.12. The van der Waals surface area contributed by atoms with Gasteiger partial charge in [-0.2, -0.15) is 0 Å². The molecule has 2 aromatic rings. The Kier molecular flexibility index (Phi) is 3.04. The zero-order valence-electron chi connectivity index (χ0n) is 12.1. The highest BCUT2D eigenvalue weighted by molar-refractivity contribution is 6.10. The van der Waals surface area contributed by atoms with Crippen LogP contribution >= 0.6 is 0 Å². The average molecular weight is 295 g/mol. The van der Waals surface area contributed by atoms with Crippen molar-refractivity contribution >= 4 is 17.4 Å². The van der Waals surface area contributed by atoms with Gasteiger partial charge in [-0.05, 0) is 30.7 Å². The van der Waals surface area contributed by atoms with Crippen LogP contribution in [0.25, 0.3) is 0 Å². The molecule has 112 valence electrons. The molecule has 4 rings (SSSR count). The van der Waals surface area contributed by atoms with Crippen molar-refractivity contribution in [2.45, 2.75) is 18.5 Å². The number of carbonyl (C=O) groups excluding carboxylic acids is 1. The monoisotopic (exact) mass is 295 g/mol. The highest BCUT2D eigenvalue weighted by Crippen LogP contribution is 2.28. The molecule has 22 heavy (non-hydrogen) atoms. The quantitative estimate of drug-likeness (QED) is 0.816. The number of nitrogens with two attached hydrogens (primary N) is 1. The third-order valence-corrected chi connectivity index (χ3v) is 4.40. The van der Waals surface area contributed by atoms with Gasteiger partial charge in [0, 0.05) is 31.4 Å². The van der Waals surface area contributed by atoms with Crippen LogP contribution in [0.15, 0.2) is 36.5 Å². The highest BCUT2D eigenvalue weighted by atomic mass is 16.1. The number of nitrogen functional groups attached to an aromatic ring is 1. The number of piperazine rings is 1. The lowest BCUT2D eigenvalue weighted by Crippen LogP contribution is -2.44. The molecule has 0 aromatic carbocycles. The molecule has 2 fully saturated rings. The van der Waals surface area contributed by atoms with Crippen molar-refractivity contribution in [3.8, 4) is 0 Å². The number of nitrogens with zero attached hydrogens (tertiary/aromatic N) is 3. The molecule has 6 nitrogen and oxygen atoms in total. The standard InChI is InChI=1S/C16H17N5O/c17-16-12(3-2-6-18-16)15(22)13-4-1-5-14(20-13)21-9-10-7-11(21)8-19-10/h1-6,10-11,19H,7-9H2,(H2,17,18)/t10-,11-/m1/s1. The Labute approximate surface area is 128 Å². The molecule has 0 aliphatic carbocycles. The lowest BCUT2D eigenvalue weighted by molar-refractivity contribution is 0.103. The molecule has 2 aliphatic rings. The summed E-state index contributed by atoms with van der Waals surface area (Å²) < 4.78 is 0. The fourth-order valence-corrected chi connectivity index (χ4v) is 3.30. The van der Waals surface area contributed by atoms with Crippen LogP contribution in [0.4, 0.5) is 11.6 Å². The van der Waals surface area contributed by atoms with E-state index >= 15 is 0 Å². The SMILES string of the molecule is Nc1ncccc1C(=O)c1cccc(N2C[C@H]3C[C@@H]2CN3)n1. The molecule has 0 saturated carbocycles. The van der Waals surface area contributed by atoms with Crippen molar-refractivity contribution in [2.24, 2.45) is 0 Å². The topological polar surface area (TPSA) is 84.1 Å². The van der Waals surface area contributed by atoms with E-state index in [4.69, 9.17) is 5.73 Å². The van der Waals surface area contributed by atoms with Crippen molar-refractivity contribution in [3.63, 3.8) is 0 Å². The van der Waals surface area contributed by atoms with Crippen molar-refractivity contribution in [3.05, 3.63) is 47.8 Å². The Morgan fingerprint density at radius 3 is 2.95 bits per heavy atom. The molecule has 2 saturated heterocycles. The maximum absolute atomic E-state index is 12.6. The number of nitrogens with one attached hydrogen (secondary N) is 1. The minimum atomic E-state index is -0.185. The summed E-state index contributed by atoms with van der Waals surface area (Å²) in [5, 5.41) is 3.47. The Morgan fingerprint density at radius 1 is 1.32 bits per heavy atom. The van der Waals surface area contributed by atoms with E-state index in [9.17, 15) is 4.79 Å². The zero-order chi connectivity index (χ0) is 15.1. The van der Waals surface area contributed by atoms with E-state index < -0.39 is 0 Å². The smallest absolute Gasteiger partial charge is 0.215 e. The van der Waals surface area contributed by atoms with Gasteiger partial charge in [-0.1, -0.05) is 6.07 Å². The summed E-state index contributed by atoms with van der Waals surface area (Å²) in [7, 11) is 0. The lowest BCUT2D eigenvalue weighted by atomic mass is 10.1. The Balaban J connectivity index is 1.65. The number of ketones is 1. The van der Waals surface area contributed by atoms with Crippen LogP contribution in [-0.4, -0.2) is 40.9 Å². The molecule has 3 N–H and O–H groups in total. The second-order valence-electron chi connectivity index (χ2n) is 5.79. The van der Waals surface area contributed by atoms with Crippen LogP contribution in [0.2, 0.25) is 0 Å². The molecule has 2 aliphatic heterocycles. The molecule has 0 unspecified atom stereocenters. The first kappa shape index (κ1) is 13.2. The van der Waals surface area contributed by atoms with Gasteiger partial charge < -0.3 is 16.0 Å². The normalized spacial score (nSPS) is 23.0. The summed E-state index contributed by atoms with van der Waals surface area (Å²) in [5.41, 5.74) is 6.60. The van der Waals surface area contributed by atoms with Gasteiger partial charge in [-0.25, -0.2) is 9.97 Å². The maximum atomic E-state index is 12.6. The molecule has 0 radical (unpaired) electrons. The largest absolute Gasteiger partial charge is 0.383 e. The summed E-state index contributed by atoms with van der Waals surface area (Å²) in [4.78, 5) is 23.4. The van der Waals surface area contributed by atoms with Gasteiger partial charge in [0.2, 0.25) is 5.78 Å². The van der Waals surface area contributed by atoms with Crippen molar-refractivity contribution in [1.29, 1.82) is 0 Å². The van der Waals surface area contributed by atoms with E-state index in [0.29, 0.717) is 23.3 Å². The highest BCUT2D eigenvalue weighted by Gasteiger charge is 2.38. The molecule has 0 amide bonds. The molecule has 6 heteroatoms. The number of hydrogen-bond acceptors (Lipinski definition) is 6. The second-order valence-corrected chi connectivity index (χ2v) is 5.79. The van der Waals surface area contributed by atoms with E-state index in [1.165, 1.54) is 0 Å². The van der Waals surface area contributed by atoms with Gasteiger partial charge >= 0.3 is 0 Å². The number of carbonyl (C=O) groups is 1. The van der Waals surface area contributed by atoms with Crippen LogP contribution in [-0.2, 0) is 0 Å². The maximum Gasteiger partial charge on any atom is 0.215 e. The molecular formula is C16H17N5O. The molecule has 2 bridgehead atoms. The number of fused-ring (bicyclic) bond motifs is 2. The molecule has 2 aromatic heterocycles. The lowest BCUT2D eigenvalue weighted by Gasteiger charge is -2.28. The number of anilines is 2. The molecular weight excluding hydrogens is 278 g/mol. The van der Waals surface area contributed by atoms with E-state index in [1.54, 1.807) is 24.4 Å². The minimum Gasteiger partial charge on any atom is -0.383 e.